The molecule has 0 nitrogen and oxygen atoms in total. The van der Waals surface area contributed by atoms with E-state index in [-0.39, 0.29) is 0 Å². The van der Waals surface area contributed by atoms with Crippen molar-refractivity contribution in [3.8, 4) is 0 Å². The number of hydrogen-bond acceptors (Lipinski definition) is 0. The Hall–Kier alpha value is -1.56. The summed E-state index contributed by atoms with van der Waals surface area (Å²) in [4.78, 5) is 0. The van der Waals surface area contributed by atoms with Gasteiger partial charge in [0.25, 0.3) is 0 Å². The second-order valence-corrected chi connectivity index (χ2v) is 3.48. The third-order valence-corrected chi connectivity index (χ3v) is 2.40. The Bertz CT molecular complexity index is 406. The highest BCUT2D eigenvalue weighted by Gasteiger charge is 2.08. The minimum atomic E-state index is 1.07. The van der Waals surface area contributed by atoms with Gasteiger partial charge in [0.15, 0.2) is 0 Å². The SMILES string of the molecule is C/C=C\C=C/C1=Cc2ccccc2C1. The Morgan fingerprint density at radius 1 is 1.14 bits per heavy atom. The van der Waals surface area contributed by atoms with Crippen molar-refractivity contribution in [2.75, 3.05) is 0 Å². The lowest BCUT2D eigenvalue weighted by Gasteiger charge is -1.94. The van der Waals surface area contributed by atoms with E-state index in [1.165, 1.54) is 16.7 Å². The Kier molecular flexibility index (Phi) is 2.64. The van der Waals surface area contributed by atoms with Gasteiger partial charge in [-0.25, -0.2) is 0 Å². The molecule has 0 saturated heterocycles. The maximum Gasteiger partial charge on any atom is -0.00196 e. The van der Waals surface area contributed by atoms with Gasteiger partial charge >= 0.3 is 0 Å². The molecule has 0 atom stereocenters. The smallest absolute Gasteiger partial charge is 0.00196 e. The van der Waals surface area contributed by atoms with Crippen LogP contribution in [0.25, 0.3) is 6.08 Å². The number of hydrogen-bond donors (Lipinski definition) is 0. The molecule has 0 amide bonds. The van der Waals surface area contributed by atoms with E-state index in [1.807, 2.05) is 13.0 Å². The van der Waals surface area contributed by atoms with Crippen LogP contribution in [0.3, 0.4) is 0 Å². The molecule has 0 N–H and O–H groups in total. The van der Waals surface area contributed by atoms with Gasteiger partial charge in [-0.3, -0.25) is 0 Å². The fraction of sp³-hybridized carbons (Fsp3) is 0.143. The summed E-state index contributed by atoms with van der Waals surface area (Å²) >= 11 is 0. The Balaban J connectivity index is 2.16. The molecule has 0 aromatic heterocycles. The van der Waals surface area contributed by atoms with E-state index in [0.717, 1.165) is 6.42 Å². The monoisotopic (exact) mass is 182 g/mol. The van der Waals surface area contributed by atoms with Crippen molar-refractivity contribution in [1.29, 1.82) is 0 Å². The molecule has 0 spiro atoms. The quantitative estimate of drug-likeness (QED) is 0.611. The highest BCUT2D eigenvalue weighted by Crippen LogP contribution is 2.24. The summed E-state index contributed by atoms with van der Waals surface area (Å²) in [6.07, 6.45) is 11.7. The van der Waals surface area contributed by atoms with Crippen LogP contribution in [-0.2, 0) is 6.42 Å². The van der Waals surface area contributed by atoms with Crippen molar-refractivity contribution in [2.24, 2.45) is 0 Å². The second kappa shape index (κ2) is 4.10. The average Bonchev–Trinajstić information content (AvgIpc) is 2.60. The lowest BCUT2D eigenvalue weighted by molar-refractivity contribution is 1.25. The van der Waals surface area contributed by atoms with E-state index in [2.05, 4.69) is 48.6 Å². The molecular formula is C14H14. The van der Waals surface area contributed by atoms with Gasteiger partial charge < -0.3 is 0 Å². The number of allylic oxidation sites excluding steroid dienone is 5. The number of benzene rings is 1. The van der Waals surface area contributed by atoms with Crippen LogP contribution in [0.2, 0.25) is 0 Å². The standard InChI is InChI=1S/C14H14/c1-2-3-4-7-12-10-13-8-5-6-9-14(13)11-12/h2-10H,11H2,1H3/b3-2-,7-4-. The van der Waals surface area contributed by atoms with Gasteiger partial charge in [-0.15, -0.1) is 0 Å². The van der Waals surface area contributed by atoms with Crippen LogP contribution in [0, 0.1) is 0 Å². The van der Waals surface area contributed by atoms with Crippen molar-refractivity contribution in [1.82, 2.24) is 0 Å². The van der Waals surface area contributed by atoms with Gasteiger partial charge in [-0.05, 0) is 30.0 Å². The fourth-order valence-corrected chi connectivity index (χ4v) is 1.70. The van der Waals surface area contributed by atoms with Crippen molar-refractivity contribution < 1.29 is 0 Å². The van der Waals surface area contributed by atoms with Crippen LogP contribution < -0.4 is 0 Å². The summed E-state index contributed by atoms with van der Waals surface area (Å²) in [5.74, 6) is 0. The average molecular weight is 182 g/mol. The van der Waals surface area contributed by atoms with E-state index >= 15 is 0 Å². The van der Waals surface area contributed by atoms with Gasteiger partial charge in [0.2, 0.25) is 0 Å². The van der Waals surface area contributed by atoms with Crippen LogP contribution in [-0.4, -0.2) is 0 Å². The van der Waals surface area contributed by atoms with Crippen LogP contribution in [0.1, 0.15) is 18.1 Å². The Morgan fingerprint density at radius 2 is 2.00 bits per heavy atom. The molecule has 0 fully saturated rings. The molecule has 0 unspecified atom stereocenters. The molecule has 0 heteroatoms. The topological polar surface area (TPSA) is 0 Å². The first-order valence-electron chi connectivity index (χ1n) is 4.98. The van der Waals surface area contributed by atoms with Crippen LogP contribution in [0.5, 0.6) is 0 Å². The van der Waals surface area contributed by atoms with Crippen LogP contribution >= 0.6 is 0 Å². The fourth-order valence-electron chi connectivity index (χ4n) is 1.70. The minimum absolute atomic E-state index is 1.07. The molecule has 1 aliphatic carbocycles. The summed E-state index contributed by atoms with van der Waals surface area (Å²) < 4.78 is 0. The molecule has 1 aliphatic rings. The normalized spacial score (nSPS) is 15.1. The molecule has 14 heavy (non-hydrogen) atoms. The zero-order valence-electron chi connectivity index (χ0n) is 8.40. The molecule has 2 rings (SSSR count). The highest BCUT2D eigenvalue weighted by atomic mass is 14.1. The van der Waals surface area contributed by atoms with Gasteiger partial charge in [0, 0.05) is 0 Å². The molecular weight excluding hydrogens is 168 g/mol. The number of fused-ring (bicyclic) bond motifs is 1. The van der Waals surface area contributed by atoms with E-state index in [4.69, 9.17) is 0 Å². The summed E-state index contributed by atoms with van der Waals surface area (Å²) in [5, 5.41) is 0. The lowest BCUT2D eigenvalue weighted by Crippen LogP contribution is -1.80. The summed E-state index contributed by atoms with van der Waals surface area (Å²) in [6, 6.07) is 8.56. The molecule has 70 valence electrons. The van der Waals surface area contributed by atoms with E-state index in [1.54, 1.807) is 0 Å². The number of rotatable bonds is 2. The van der Waals surface area contributed by atoms with Gasteiger partial charge in [-0.2, -0.15) is 0 Å². The van der Waals surface area contributed by atoms with E-state index in [0.29, 0.717) is 0 Å². The summed E-state index contributed by atoms with van der Waals surface area (Å²) in [5.41, 5.74) is 4.20. The van der Waals surface area contributed by atoms with E-state index < -0.39 is 0 Å². The molecule has 1 aromatic carbocycles. The maximum absolute atomic E-state index is 2.26. The van der Waals surface area contributed by atoms with Crippen molar-refractivity contribution in [2.45, 2.75) is 13.3 Å². The predicted octanol–water partition coefficient (Wildman–Crippen LogP) is 3.76. The molecule has 0 radical (unpaired) electrons. The van der Waals surface area contributed by atoms with Gasteiger partial charge in [0.1, 0.15) is 0 Å². The van der Waals surface area contributed by atoms with Gasteiger partial charge in [0.05, 0.1) is 0 Å². The van der Waals surface area contributed by atoms with Crippen molar-refractivity contribution >= 4 is 6.08 Å². The molecule has 0 saturated carbocycles. The Labute approximate surface area is 85.3 Å². The largest absolute Gasteiger partial charge is 0.0877 e. The van der Waals surface area contributed by atoms with Crippen molar-refractivity contribution in [3.63, 3.8) is 0 Å². The second-order valence-electron chi connectivity index (χ2n) is 3.48. The molecule has 1 aromatic rings. The zero-order valence-corrected chi connectivity index (χ0v) is 8.40. The van der Waals surface area contributed by atoms with Crippen LogP contribution in [0.15, 0.2) is 54.1 Å². The molecule has 0 aliphatic heterocycles. The minimum Gasteiger partial charge on any atom is -0.0877 e. The van der Waals surface area contributed by atoms with Gasteiger partial charge in [-0.1, -0.05) is 54.6 Å². The molecule has 0 bridgehead atoms. The van der Waals surface area contributed by atoms with Crippen molar-refractivity contribution in [3.05, 3.63) is 65.3 Å². The zero-order chi connectivity index (χ0) is 9.80. The van der Waals surface area contributed by atoms with Crippen LogP contribution in [0.4, 0.5) is 0 Å². The predicted molar refractivity (Wildman–Crippen MR) is 62.1 cm³/mol. The first-order valence-corrected chi connectivity index (χ1v) is 4.98. The third kappa shape index (κ3) is 1.85. The first-order chi connectivity index (χ1) is 6.90. The summed E-state index contributed by atoms with van der Waals surface area (Å²) in [7, 11) is 0. The summed E-state index contributed by atoms with van der Waals surface area (Å²) in [6.45, 7) is 2.03. The molecule has 0 heterocycles. The highest BCUT2D eigenvalue weighted by molar-refractivity contribution is 5.66. The lowest BCUT2D eigenvalue weighted by atomic mass is 10.1. The first kappa shape index (κ1) is 9.01. The van der Waals surface area contributed by atoms with E-state index in [9.17, 15) is 0 Å². The Morgan fingerprint density at radius 3 is 2.79 bits per heavy atom. The third-order valence-electron chi connectivity index (χ3n) is 2.40. The maximum atomic E-state index is 2.26.